The van der Waals surface area contributed by atoms with E-state index in [0.717, 1.165) is 24.9 Å². The molecule has 118 valence electrons. The maximum atomic E-state index is 5.05. The summed E-state index contributed by atoms with van der Waals surface area (Å²) in [6, 6.07) is 0.642. The van der Waals surface area contributed by atoms with E-state index in [1.807, 2.05) is 11.3 Å². The normalized spacial score (nSPS) is 26.3. The Balaban J connectivity index is 1.74. The number of anilines is 1. The van der Waals surface area contributed by atoms with Gasteiger partial charge in [0, 0.05) is 29.9 Å². The first kappa shape index (κ1) is 15.3. The molecule has 4 heteroatoms. The van der Waals surface area contributed by atoms with Gasteiger partial charge in [0.15, 0.2) is 5.13 Å². The second-order valence-corrected chi connectivity index (χ2v) is 7.99. The number of thiazole rings is 1. The van der Waals surface area contributed by atoms with Crippen LogP contribution in [0.2, 0.25) is 0 Å². The highest BCUT2D eigenvalue weighted by Crippen LogP contribution is 2.44. The highest BCUT2D eigenvalue weighted by molar-refractivity contribution is 7.15. The van der Waals surface area contributed by atoms with Crippen molar-refractivity contribution in [1.82, 2.24) is 10.3 Å². The van der Waals surface area contributed by atoms with E-state index in [1.165, 1.54) is 54.4 Å². The van der Waals surface area contributed by atoms with Crippen molar-refractivity contribution in [3.8, 4) is 0 Å². The maximum absolute atomic E-state index is 5.05. The molecule has 1 aliphatic heterocycles. The van der Waals surface area contributed by atoms with Gasteiger partial charge in [0.1, 0.15) is 0 Å². The highest BCUT2D eigenvalue weighted by Gasteiger charge is 2.32. The van der Waals surface area contributed by atoms with Crippen molar-refractivity contribution in [3.05, 3.63) is 10.6 Å². The van der Waals surface area contributed by atoms with Gasteiger partial charge in [0.05, 0.1) is 5.69 Å². The summed E-state index contributed by atoms with van der Waals surface area (Å²) in [5.41, 5.74) is 1.41. The molecular weight excluding hydrogens is 278 g/mol. The Hall–Kier alpha value is -0.610. The van der Waals surface area contributed by atoms with Gasteiger partial charge in [0.2, 0.25) is 0 Å². The summed E-state index contributed by atoms with van der Waals surface area (Å²) in [7, 11) is 0. The molecule has 0 radical (unpaired) electrons. The van der Waals surface area contributed by atoms with Gasteiger partial charge in [-0.1, -0.05) is 13.8 Å². The van der Waals surface area contributed by atoms with Crippen molar-refractivity contribution >= 4 is 16.5 Å². The molecule has 2 aliphatic rings. The third-order valence-electron chi connectivity index (χ3n) is 4.78. The number of nitrogens with zero attached hydrogens (tertiary/aromatic N) is 2. The molecule has 0 amide bonds. The minimum Gasteiger partial charge on any atom is -0.345 e. The fourth-order valence-corrected chi connectivity index (χ4v) is 4.59. The zero-order chi connectivity index (χ0) is 14.8. The summed E-state index contributed by atoms with van der Waals surface area (Å²) in [6.07, 6.45) is 6.51. The van der Waals surface area contributed by atoms with Crippen molar-refractivity contribution in [2.45, 2.75) is 71.4 Å². The average Bonchev–Trinajstić information content (AvgIpc) is 3.21. The number of piperidine rings is 1. The Kier molecular flexibility index (Phi) is 4.85. The lowest BCUT2D eigenvalue weighted by Gasteiger charge is -2.36. The first-order chi connectivity index (χ1) is 10.2. The Labute approximate surface area is 133 Å². The Bertz CT molecular complexity index is 467. The fraction of sp³-hybridized carbons (Fsp3) is 0.824. The minimum absolute atomic E-state index is 0.642. The van der Waals surface area contributed by atoms with Gasteiger partial charge in [-0.2, -0.15) is 0 Å². The average molecular weight is 308 g/mol. The van der Waals surface area contributed by atoms with Crippen LogP contribution in [0.3, 0.4) is 0 Å². The van der Waals surface area contributed by atoms with Gasteiger partial charge in [-0.05, 0) is 51.5 Å². The summed E-state index contributed by atoms with van der Waals surface area (Å²) in [5.74, 6) is 1.62. The van der Waals surface area contributed by atoms with Crippen LogP contribution in [0.5, 0.6) is 0 Å². The SMILES string of the molecule is CCCNCc1sc(N2CCC(C)CC2C)nc1C1CC1. The highest BCUT2D eigenvalue weighted by atomic mass is 32.1. The molecule has 1 aromatic rings. The Morgan fingerprint density at radius 1 is 1.29 bits per heavy atom. The van der Waals surface area contributed by atoms with E-state index in [0.29, 0.717) is 6.04 Å². The van der Waals surface area contributed by atoms with E-state index >= 15 is 0 Å². The summed E-state index contributed by atoms with van der Waals surface area (Å²) < 4.78 is 0. The summed E-state index contributed by atoms with van der Waals surface area (Å²) in [5, 5.41) is 4.84. The molecule has 2 fully saturated rings. The lowest BCUT2D eigenvalue weighted by atomic mass is 9.94. The quantitative estimate of drug-likeness (QED) is 0.800. The molecule has 2 heterocycles. The summed E-state index contributed by atoms with van der Waals surface area (Å²) in [6.45, 7) is 10.3. The zero-order valence-electron chi connectivity index (χ0n) is 13.7. The lowest BCUT2D eigenvalue weighted by Crippen LogP contribution is -2.40. The number of hydrogen-bond donors (Lipinski definition) is 1. The second kappa shape index (κ2) is 6.66. The molecule has 0 spiro atoms. The standard InChI is InChI=1S/C17H29N3S/c1-4-8-18-11-15-16(14-5-6-14)19-17(21-15)20-9-7-12(2)10-13(20)3/h12-14,18H,4-11H2,1-3H3. The molecule has 1 N–H and O–H groups in total. The van der Waals surface area contributed by atoms with Crippen LogP contribution in [0.1, 0.15) is 69.4 Å². The number of hydrogen-bond acceptors (Lipinski definition) is 4. The predicted octanol–water partition coefficient (Wildman–Crippen LogP) is 4.14. The van der Waals surface area contributed by atoms with E-state index in [9.17, 15) is 0 Å². The van der Waals surface area contributed by atoms with E-state index in [4.69, 9.17) is 4.98 Å². The third-order valence-corrected chi connectivity index (χ3v) is 5.88. The predicted molar refractivity (Wildman–Crippen MR) is 91.3 cm³/mol. The molecule has 1 saturated carbocycles. The van der Waals surface area contributed by atoms with Crippen LogP contribution < -0.4 is 10.2 Å². The van der Waals surface area contributed by atoms with Gasteiger partial charge in [-0.25, -0.2) is 4.98 Å². The van der Waals surface area contributed by atoms with Gasteiger partial charge < -0.3 is 10.2 Å². The number of rotatable bonds is 6. The smallest absolute Gasteiger partial charge is 0.186 e. The Morgan fingerprint density at radius 2 is 2.10 bits per heavy atom. The van der Waals surface area contributed by atoms with Crippen LogP contribution in [0.4, 0.5) is 5.13 Å². The Morgan fingerprint density at radius 3 is 2.76 bits per heavy atom. The topological polar surface area (TPSA) is 28.2 Å². The van der Waals surface area contributed by atoms with Crippen molar-refractivity contribution < 1.29 is 0 Å². The van der Waals surface area contributed by atoms with Gasteiger partial charge in [-0.15, -0.1) is 11.3 Å². The van der Waals surface area contributed by atoms with Crippen molar-refractivity contribution in [2.24, 2.45) is 5.92 Å². The number of nitrogens with one attached hydrogen (secondary N) is 1. The van der Waals surface area contributed by atoms with Crippen LogP contribution >= 0.6 is 11.3 Å². The summed E-state index contributed by atoms with van der Waals surface area (Å²) >= 11 is 1.94. The van der Waals surface area contributed by atoms with Crippen LogP contribution in [0, 0.1) is 5.92 Å². The molecule has 2 unspecified atom stereocenters. The second-order valence-electron chi connectivity index (χ2n) is 6.93. The molecule has 0 bridgehead atoms. The van der Waals surface area contributed by atoms with E-state index < -0.39 is 0 Å². The lowest BCUT2D eigenvalue weighted by molar-refractivity contribution is 0.377. The van der Waals surface area contributed by atoms with Crippen LogP contribution in [-0.2, 0) is 6.54 Å². The summed E-state index contributed by atoms with van der Waals surface area (Å²) in [4.78, 5) is 9.10. The first-order valence-corrected chi connectivity index (χ1v) is 9.47. The molecule has 3 nitrogen and oxygen atoms in total. The molecule has 3 rings (SSSR count). The van der Waals surface area contributed by atoms with E-state index in [2.05, 4.69) is 31.0 Å². The van der Waals surface area contributed by atoms with Crippen LogP contribution in [0.25, 0.3) is 0 Å². The molecule has 21 heavy (non-hydrogen) atoms. The molecule has 1 saturated heterocycles. The third kappa shape index (κ3) is 3.59. The molecule has 2 atom stereocenters. The molecule has 1 aromatic heterocycles. The molecule has 0 aromatic carbocycles. The van der Waals surface area contributed by atoms with Gasteiger partial charge >= 0.3 is 0 Å². The van der Waals surface area contributed by atoms with Crippen molar-refractivity contribution in [2.75, 3.05) is 18.0 Å². The number of aromatic nitrogens is 1. The largest absolute Gasteiger partial charge is 0.345 e. The monoisotopic (exact) mass is 307 g/mol. The van der Waals surface area contributed by atoms with Crippen molar-refractivity contribution in [3.63, 3.8) is 0 Å². The van der Waals surface area contributed by atoms with Crippen molar-refractivity contribution in [1.29, 1.82) is 0 Å². The molecule has 1 aliphatic carbocycles. The van der Waals surface area contributed by atoms with Crippen LogP contribution in [0.15, 0.2) is 0 Å². The van der Waals surface area contributed by atoms with E-state index in [-0.39, 0.29) is 0 Å². The van der Waals surface area contributed by atoms with E-state index in [1.54, 1.807) is 0 Å². The fourth-order valence-electron chi connectivity index (χ4n) is 3.35. The molecular formula is C17H29N3S. The van der Waals surface area contributed by atoms with Gasteiger partial charge in [0.25, 0.3) is 0 Å². The van der Waals surface area contributed by atoms with Gasteiger partial charge in [-0.3, -0.25) is 0 Å². The van der Waals surface area contributed by atoms with Crippen LogP contribution in [-0.4, -0.2) is 24.1 Å². The minimum atomic E-state index is 0.642. The first-order valence-electron chi connectivity index (χ1n) is 8.66. The zero-order valence-corrected chi connectivity index (χ0v) is 14.5. The maximum Gasteiger partial charge on any atom is 0.186 e.